The van der Waals surface area contributed by atoms with E-state index in [1.165, 1.54) is 31.3 Å². The number of ether oxygens (including phenoxy) is 1. The largest absolute Gasteiger partial charge is 0.381 e. The average molecular weight is 347 g/mol. The van der Waals surface area contributed by atoms with Crippen molar-refractivity contribution in [3.8, 4) is 0 Å². The summed E-state index contributed by atoms with van der Waals surface area (Å²) in [6.45, 7) is 1.64. The molecule has 122 valence electrons. The predicted octanol–water partition coefficient (Wildman–Crippen LogP) is 1.11. The minimum atomic E-state index is -3.70. The number of hydrogen-bond acceptors (Lipinski definition) is 4. The van der Waals surface area contributed by atoms with Gasteiger partial charge in [-0.1, -0.05) is 11.6 Å². The van der Waals surface area contributed by atoms with Crippen molar-refractivity contribution in [1.82, 2.24) is 9.62 Å². The van der Waals surface area contributed by atoms with Gasteiger partial charge in [-0.15, -0.1) is 0 Å². The van der Waals surface area contributed by atoms with Gasteiger partial charge in [0, 0.05) is 31.1 Å². The Morgan fingerprint density at radius 3 is 2.68 bits per heavy atom. The number of rotatable bonds is 6. The van der Waals surface area contributed by atoms with Crippen molar-refractivity contribution < 1.29 is 17.9 Å². The molecule has 1 aliphatic rings. The molecule has 22 heavy (non-hydrogen) atoms. The third-order valence-corrected chi connectivity index (χ3v) is 5.57. The van der Waals surface area contributed by atoms with Crippen LogP contribution in [0.15, 0.2) is 29.2 Å². The van der Waals surface area contributed by atoms with Crippen molar-refractivity contribution in [3.05, 3.63) is 29.3 Å². The third-order valence-electron chi connectivity index (χ3n) is 3.50. The number of carbonyl (C=O) groups is 1. The second-order valence-electron chi connectivity index (χ2n) is 5.25. The van der Waals surface area contributed by atoms with Crippen LogP contribution in [0.4, 0.5) is 0 Å². The number of sulfonamides is 1. The maximum Gasteiger partial charge on any atom is 0.243 e. The molecule has 1 aromatic carbocycles. The second-order valence-corrected chi connectivity index (χ2v) is 7.73. The first-order valence-corrected chi connectivity index (χ1v) is 8.78. The molecule has 0 saturated carbocycles. The van der Waals surface area contributed by atoms with Crippen LogP contribution in [0.5, 0.6) is 0 Å². The van der Waals surface area contributed by atoms with Gasteiger partial charge in [-0.25, -0.2) is 8.42 Å². The highest BCUT2D eigenvalue weighted by molar-refractivity contribution is 7.89. The molecule has 8 heteroatoms. The highest BCUT2D eigenvalue weighted by Gasteiger charge is 2.23. The monoisotopic (exact) mass is 346 g/mol. The number of hydrogen-bond donors (Lipinski definition) is 1. The Morgan fingerprint density at radius 2 is 2.09 bits per heavy atom. The molecule has 2 rings (SSSR count). The molecule has 1 atom stereocenters. The van der Waals surface area contributed by atoms with E-state index in [4.69, 9.17) is 16.3 Å². The average Bonchev–Trinajstić information content (AvgIpc) is 2.99. The van der Waals surface area contributed by atoms with Crippen molar-refractivity contribution in [2.45, 2.75) is 11.3 Å². The Morgan fingerprint density at radius 1 is 1.41 bits per heavy atom. The molecule has 1 unspecified atom stereocenters. The van der Waals surface area contributed by atoms with Crippen LogP contribution < -0.4 is 5.32 Å². The standard InChI is InChI=1S/C14H19ClN2O4S/c1-17(9-14(18)16-8-11-6-7-21-10-11)22(19,20)13-4-2-12(15)3-5-13/h2-5,11H,6-10H2,1H3,(H,16,18). The van der Waals surface area contributed by atoms with Crippen LogP contribution in [-0.2, 0) is 19.6 Å². The van der Waals surface area contributed by atoms with Gasteiger partial charge in [0.1, 0.15) is 0 Å². The van der Waals surface area contributed by atoms with Crippen molar-refractivity contribution in [3.63, 3.8) is 0 Å². The van der Waals surface area contributed by atoms with Gasteiger partial charge in [0.05, 0.1) is 18.0 Å². The van der Waals surface area contributed by atoms with Gasteiger partial charge in [-0.3, -0.25) is 4.79 Å². The Labute approximate surface area is 135 Å². The van der Waals surface area contributed by atoms with Crippen LogP contribution in [0.25, 0.3) is 0 Å². The molecule has 1 N–H and O–H groups in total. The molecule has 1 amide bonds. The molecule has 0 aliphatic carbocycles. The van der Waals surface area contributed by atoms with Gasteiger partial charge in [0.15, 0.2) is 0 Å². The van der Waals surface area contributed by atoms with Gasteiger partial charge >= 0.3 is 0 Å². The first kappa shape index (κ1) is 17.2. The van der Waals surface area contributed by atoms with E-state index in [9.17, 15) is 13.2 Å². The van der Waals surface area contributed by atoms with E-state index >= 15 is 0 Å². The summed E-state index contributed by atoms with van der Waals surface area (Å²) in [5, 5.41) is 3.20. The lowest BCUT2D eigenvalue weighted by Crippen LogP contribution is -2.40. The molecular weight excluding hydrogens is 328 g/mol. The molecule has 1 aromatic rings. The van der Waals surface area contributed by atoms with Gasteiger partial charge in [-0.05, 0) is 30.7 Å². The summed E-state index contributed by atoms with van der Waals surface area (Å²) in [4.78, 5) is 12.0. The van der Waals surface area contributed by atoms with E-state index in [0.29, 0.717) is 30.7 Å². The Hall–Kier alpha value is -1.15. The van der Waals surface area contributed by atoms with Crippen LogP contribution in [0, 0.1) is 5.92 Å². The summed E-state index contributed by atoms with van der Waals surface area (Å²) >= 11 is 5.75. The van der Waals surface area contributed by atoms with E-state index in [-0.39, 0.29) is 17.3 Å². The normalized spacial score (nSPS) is 18.6. The highest BCUT2D eigenvalue weighted by atomic mass is 35.5. The maximum atomic E-state index is 12.3. The zero-order valence-electron chi connectivity index (χ0n) is 12.3. The first-order valence-electron chi connectivity index (χ1n) is 6.96. The lowest BCUT2D eigenvalue weighted by Gasteiger charge is -2.17. The Kier molecular flexibility index (Phi) is 5.80. The zero-order valence-corrected chi connectivity index (χ0v) is 13.9. The maximum absolute atomic E-state index is 12.3. The molecule has 1 aliphatic heterocycles. The highest BCUT2D eigenvalue weighted by Crippen LogP contribution is 2.17. The quantitative estimate of drug-likeness (QED) is 0.837. The second kappa shape index (κ2) is 7.41. The van der Waals surface area contributed by atoms with Gasteiger partial charge in [-0.2, -0.15) is 4.31 Å². The summed E-state index contributed by atoms with van der Waals surface area (Å²) in [5.41, 5.74) is 0. The van der Waals surface area contributed by atoms with Crippen molar-refractivity contribution in [1.29, 1.82) is 0 Å². The smallest absolute Gasteiger partial charge is 0.243 e. The minimum Gasteiger partial charge on any atom is -0.381 e. The third kappa shape index (κ3) is 4.42. The SMILES string of the molecule is CN(CC(=O)NCC1CCOC1)S(=O)(=O)c1ccc(Cl)cc1. The topological polar surface area (TPSA) is 75.7 Å². The molecular formula is C14H19ClN2O4S. The Bertz CT molecular complexity index is 612. The molecule has 0 spiro atoms. The van der Waals surface area contributed by atoms with Crippen molar-refractivity contribution >= 4 is 27.5 Å². The van der Waals surface area contributed by atoms with E-state index < -0.39 is 10.0 Å². The first-order chi connectivity index (χ1) is 10.4. The van der Waals surface area contributed by atoms with E-state index in [1.54, 1.807) is 0 Å². The number of carbonyl (C=O) groups excluding carboxylic acids is 1. The number of likely N-dealkylation sites (N-methyl/N-ethyl adjacent to an activating group) is 1. The van der Waals surface area contributed by atoms with Gasteiger partial charge in [0.25, 0.3) is 0 Å². The fraction of sp³-hybridized carbons (Fsp3) is 0.500. The summed E-state index contributed by atoms with van der Waals surface area (Å²) in [6, 6.07) is 5.84. The lowest BCUT2D eigenvalue weighted by molar-refractivity contribution is -0.121. The fourth-order valence-electron chi connectivity index (χ4n) is 2.13. The molecule has 6 nitrogen and oxygen atoms in total. The summed E-state index contributed by atoms with van der Waals surface area (Å²) in [7, 11) is -2.32. The number of nitrogens with zero attached hydrogens (tertiary/aromatic N) is 1. The molecule has 0 bridgehead atoms. The van der Waals surface area contributed by atoms with Crippen LogP contribution in [0.1, 0.15) is 6.42 Å². The summed E-state index contributed by atoms with van der Waals surface area (Å²) < 4.78 is 30.9. The zero-order chi connectivity index (χ0) is 16.2. The predicted molar refractivity (Wildman–Crippen MR) is 83.2 cm³/mol. The molecule has 0 aromatic heterocycles. The summed E-state index contributed by atoms with van der Waals surface area (Å²) in [5.74, 6) is -0.0194. The van der Waals surface area contributed by atoms with Crippen LogP contribution in [-0.4, -0.2) is 52.0 Å². The number of benzene rings is 1. The number of nitrogens with one attached hydrogen (secondary N) is 1. The fourth-order valence-corrected chi connectivity index (χ4v) is 3.39. The van der Waals surface area contributed by atoms with Crippen molar-refractivity contribution in [2.75, 3.05) is 33.4 Å². The van der Waals surface area contributed by atoms with Gasteiger partial charge in [0.2, 0.25) is 15.9 Å². The molecule has 1 saturated heterocycles. The number of halogens is 1. The van der Waals surface area contributed by atoms with Crippen molar-refractivity contribution in [2.24, 2.45) is 5.92 Å². The molecule has 0 radical (unpaired) electrons. The van der Waals surface area contributed by atoms with Crippen LogP contribution in [0.3, 0.4) is 0 Å². The van der Waals surface area contributed by atoms with E-state index in [1.807, 2.05) is 0 Å². The van der Waals surface area contributed by atoms with Crippen LogP contribution >= 0.6 is 11.6 Å². The molecule has 1 heterocycles. The lowest BCUT2D eigenvalue weighted by atomic mass is 10.1. The summed E-state index contributed by atoms with van der Waals surface area (Å²) in [6.07, 6.45) is 0.916. The van der Waals surface area contributed by atoms with E-state index in [0.717, 1.165) is 10.7 Å². The van der Waals surface area contributed by atoms with Gasteiger partial charge < -0.3 is 10.1 Å². The Balaban J connectivity index is 1.90. The number of amides is 1. The molecule has 1 fully saturated rings. The van der Waals surface area contributed by atoms with E-state index in [2.05, 4.69) is 5.32 Å². The van der Waals surface area contributed by atoms with Crippen LogP contribution in [0.2, 0.25) is 5.02 Å². The minimum absolute atomic E-state index is 0.108.